The normalized spacial score (nSPS) is 16.8. The van der Waals surface area contributed by atoms with E-state index in [1.54, 1.807) is 55.3 Å². The Bertz CT molecular complexity index is 2060. The fraction of sp³-hybridized carbons (Fsp3) is 0.222. The molecule has 2 aliphatic heterocycles. The van der Waals surface area contributed by atoms with Crippen LogP contribution in [0.15, 0.2) is 107 Å². The van der Waals surface area contributed by atoms with Crippen molar-refractivity contribution < 1.29 is 27.5 Å². The molecule has 0 atom stereocenters. The number of imide groups is 1. The lowest BCUT2D eigenvalue weighted by Gasteiger charge is -2.27. The number of hydrogen-bond acceptors (Lipinski definition) is 8. The number of hydrogen-bond donors (Lipinski definition) is 0. The van der Waals surface area contributed by atoms with Gasteiger partial charge >= 0.3 is 0 Å². The molecule has 3 heterocycles. The fourth-order valence-corrected chi connectivity index (χ4v) is 7.08. The molecule has 0 spiro atoms. The molecule has 1 saturated heterocycles. The number of nitrogens with zero attached hydrogens (tertiary/aromatic N) is 5. The summed E-state index contributed by atoms with van der Waals surface area (Å²) in [4.78, 5) is 28.5. The standard InChI is InChI=1S/C36H33N5O6S/c1-25-32(35(42)40(36(43)33(25)23-37)17-16-26-8-12-30(46-2)13-9-26)22-28-24-41(29-6-4-3-5-7-29)38-34(28)27-10-14-31(15-11-27)48(44,45)39-18-20-47-21-19-39/h3-15,22,24H,16-21H2,1-2H3/b32-22+. The molecule has 12 heteroatoms. The first-order valence-corrected chi connectivity index (χ1v) is 16.8. The molecule has 0 saturated carbocycles. The molecular weight excluding hydrogens is 630 g/mol. The van der Waals surface area contributed by atoms with Crippen molar-refractivity contribution in [1.82, 2.24) is 19.0 Å². The zero-order valence-corrected chi connectivity index (χ0v) is 27.3. The van der Waals surface area contributed by atoms with E-state index < -0.39 is 21.8 Å². The summed E-state index contributed by atoms with van der Waals surface area (Å²) >= 11 is 0. The van der Waals surface area contributed by atoms with E-state index in [0.29, 0.717) is 42.2 Å². The zero-order valence-electron chi connectivity index (χ0n) is 26.5. The van der Waals surface area contributed by atoms with Crippen molar-refractivity contribution in [1.29, 1.82) is 5.26 Å². The molecule has 48 heavy (non-hydrogen) atoms. The highest BCUT2D eigenvalue weighted by atomic mass is 32.2. The molecular formula is C36H33N5O6S. The second-order valence-electron chi connectivity index (χ2n) is 11.3. The Morgan fingerprint density at radius 1 is 0.958 bits per heavy atom. The van der Waals surface area contributed by atoms with Crippen molar-refractivity contribution >= 4 is 27.9 Å². The first-order valence-electron chi connectivity index (χ1n) is 15.4. The molecule has 2 amide bonds. The number of benzene rings is 3. The third-order valence-corrected chi connectivity index (χ3v) is 10.3. The molecule has 1 aromatic heterocycles. The number of aromatic nitrogens is 2. The van der Waals surface area contributed by atoms with Crippen LogP contribution >= 0.6 is 0 Å². The maximum absolute atomic E-state index is 13.9. The topological polar surface area (TPSA) is 135 Å². The van der Waals surface area contributed by atoms with Crippen LogP contribution in [0.3, 0.4) is 0 Å². The van der Waals surface area contributed by atoms with E-state index >= 15 is 0 Å². The largest absolute Gasteiger partial charge is 0.497 e. The third kappa shape index (κ3) is 6.44. The van der Waals surface area contributed by atoms with Crippen molar-refractivity contribution in [2.75, 3.05) is 40.0 Å². The van der Waals surface area contributed by atoms with Crippen molar-refractivity contribution in [3.8, 4) is 28.8 Å². The van der Waals surface area contributed by atoms with Gasteiger partial charge in [0.2, 0.25) is 10.0 Å². The maximum Gasteiger partial charge on any atom is 0.271 e. The fourth-order valence-electron chi connectivity index (χ4n) is 5.67. The molecule has 0 aliphatic carbocycles. The van der Waals surface area contributed by atoms with E-state index in [1.807, 2.05) is 60.7 Å². The number of methoxy groups -OCH3 is 1. The second-order valence-corrected chi connectivity index (χ2v) is 13.2. The molecule has 6 rings (SSSR count). The molecule has 0 N–H and O–H groups in total. The van der Waals surface area contributed by atoms with Gasteiger partial charge in [0, 0.05) is 42.5 Å². The number of para-hydroxylation sites is 1. The Labute approximate surface area is 279 Å². The molecule has 3 aromatic carbocycles. The van der Waals surface area contributed by atoms with Gasteiger partial charge in [0.25, 0.3) is 11.8 Å². The van der Waals surface area contributed by atoms with Gasteiger partial charge < -0.3 is 9.47 Å². The maximum atomic E-state index is 13.9. The van der Waals surface area contributed by atoms with Crippen molar-refractivity contribution in [2.45, 2.75) is 18.2 Å². The van der Waals surface area contributed by atoms with Crippen LogP contribution in [-0.4, -0.2) is 79.2 Å². The highest BCUT2D eigenvalue weighted by Gasteiger charge is 2.35. The van der Waals surface area contributed by atoms with Gasteiger partial charge in [-0.05, 0) is 67.0 Å². The number of carbonyl (C=O) groups is 2. The van der Waals surface area contributed by atoms with Gasteiger partial charge in [0.1, 0.15) is 17.4 Å². The monoisotopic (exact) mass is 663 g/mol. The van der Waals surface area contributed by atoms with Gasteiger partial charge in [-0.2, -0.15) is 14.7 Å². The Kier molecular flexibility index (Phi) is 9.36. The number of carbonyl (C=O) groups excluding carboxylic acids is 2. The predicted octanol–water partition coefficient (Wildman–Crippen LogP) is 4.40. The van der Waals surface area contributed by atoms with Crippen LogP contribution < -0.4 is 4.74 Å². The number of rotatable bonds is 9. The highest BCUT2D eigenvalue weighted by Crippen LogP contribution is 2.32. The molecule has 11 nitrogen and oxygen atoms in total. The Balaban J connectivity index is 1.38. The summed E-state index contributed by atoms with van der Waals surface area (Å²) < 4.78 is 40.1. The van der Waals surface area contributed by atoms with E-state index in [9.17, 15) is 23.3 Å². The van der Waals surface area contributed by atoms with Crippen LogP contribution in [0.25, 0.3) is 23.0 Å². The number of amides is 2. The van der Waals surface area contributed by atoms with E-state index in [4.69, 9.17) is 14.6 Å². The minimum atomic E-state index is -3.71. The highest BCUT2D eigenvalue weighted by molar-refractivity contribution is 7.89. The van der Waals surface area contributed by atoms with Gasteiger partial charge in [-0.25, -0.2) is 13.1 Å². The van der Waals surface area contributed by atoms with Gasteiger partial charge in [-0.1, -0.05) is 42.5 Å². The summed E-state index contributed by atoms with van der Waals surface area (Å²) in [5.41, 5.74) is 3.69. The third-order valence-electron chi connectivity index (χ3n) is 8.41. The summed E-state index contributed by atoms with van der Waals surface area (Å²) in [6.07, 6.45) is 3.80. The molecule has 0 unspecified atom stereocenters. The molecule has 0 bridgehead atoms. The van der Waals surface area contributed by atoms with Crippen LogP contribution in [0.5, 0.6) is 5.75 Å². The SMILES string of the molecule is COc1ccc(CCN2C(=O)C(C#N)=C(C)/C(=C\c3cn(-c4ccccc4)nc3-c3ccc(S(=O)(=O)N4CCOCC4)cc3)C2=O)cc1. The Morgan fingerprint density at radius 3 is 2.29 bits per heavy atom. The molecule has 2 aliphatic rings. The lowest BCUT2D eigenvalue weighted by Crippen LogP contribution is -2.43. The lowest BCUT2D eigenvalue weighted by molar-refractivity contribution is -0.140. The van der Waals surface area contributed by atoms with Crippen LogP contribution in [0.2, 0.25) is 0 Å². The van der Waals surface area contributed by atoms with Crippen molar-refractivity contribution in [3.05, 3.63) is 113 Å². The Hall–Kier alpha value is -5.35. The summed E-state index contributed by atoms with van der Waals surface area (Å²) in [6.45, 7) is 2.93. The number of sulfonamides is 1. The minimum absolute atomic E-state index is 0.0784. The van der Waals surface area contributed by atoms with E-state index in [0.717, 1.165) is 16.2 Å². The van der Waals surface area contributed by atoms with E-state index in [1.165, 1.54) is 4.31 Å². The predicted molar refractivity (Wildman–Crippen MR) is 178 cm³/mol. The average Bonchev–Trinajstić information content (AvgIpc) is 3.55. The first-order chi connectivity index (χ1) is 23.2. The average molecular weight is 664 g/mol. The van der Waals surface area contributed by atoms with Gasteiger partial charge in [-0.15, -0.1) is 0 Å². The molecule has 1 fully saturated rings. The molecule has 0 radical (unpaired) electrons. The summed E-state index contributed by atoms with van der Waals surface area (Å²) in [5.74, 6) is -0.460. The zero-order chi connectivity index (χ0) is 33.8. The number of nitriles is 1. The quantitative estimate of drug-likeness (QED) is 0.190. The first kappa shape index (κ1) is 32.6. The van der Waals surface area contributed by atoms with Crippen LogP contribution in [0.1, 0.15) is 18.1 Å². The van der Waals surface area contributed by atoms with Crippen LogP contribution in [0.4, 0.5) is 0 Å². The second kappa shape index (κ2) is 13.8. The van der Waals surface area contributed by atoms with Crippen molar-refractivity contribution in [2.24, 2.45) is 0 Å². The van der Waals surface area contributed by atoms with E-state index in [2.05, 4.69) is 0 Å². The number of ether oxygens (including phenoxy) is 2. The smallest absolute Gasteiger partial charge is 0.271 e. The van der Waals surface area contributed by atoms with Gasteiger partial charge in [0.15, 0.2) is 0 Å². The summed E-state index contributed by atoms with van der Waals surface area (Å²) in [5, 5.41) is 14.8. The van der Waals surface area contributed by atoms with E-state index in [-0.39, 0.29) is 41.2 Å². The Morgan fingerprint density at radius 2 is 1.65 bits per heavy atom. The summed E-state index contributed by atoms with van der Waals surface area (Å²) in [6, 6.07) is 25.2. The summed E-state index contributed by atoms with van der Waals surface area (Å²) in [7, 11) is -2.13. The minimum Gasteiger partial charge on any atom is -0.497 e. The van der Waals surface area contributed by atoms with Crippen molar-refractivity contribution in [3.63, 3.8) is 0 Å². The number of morpholine rings is 1. The molecule has 4 aromatic rings. The van der Waals surface area contributed by atoms with Gasteiger partial charge in [0.05, 0.1) is 36.6 Å². The lowest BCUT2D eigenvalue weighted by atomic mass is 9.93. The molecule has 244 valence electrons. The van der Waals surface area contributed by atoms with Crippen LogP contribution in [-0.2, 0) is 30.8 Å². The van der Waals surface area contributed by atoms with Crippen LogP contribution in [0, 0.1) is 11.3 Å². The van der Waals surface area contributed by atoms with Gasteiger partial charge in [-0.3, -0.25) is 14.5 Å².